The van der Waals surface area contributed by atoms with Gasteiger partial charge in [-0.15, -0.1) is 12.3 Å². The van der Waals surface area contributed by atoms with E-state index in [1.807, 2.05) is 0 Å². The van der Waals surface area contributed by atoms with Gasteiger partial charge in [0.2, 0.25) is 5.91 Å². The Kier molecular flexibility index (Phi) is 5.58. The zero-order chi connectivity index (χ0) is 12.7. The largest absolute Gasteiger partial charge is 0.497 e. The molecule has 0 saturated carbocycles. The number of carbonyl (C=O) groups excluding carboxylic acids is 1. The van der Waals surface area contributed by atoms with Crippen LogP contribution in [0.2, 0.25) is 0 Å². The quantitative estimate of drug-likeness (QED) is 0.669. The van der Waals surface area contributed by atoms with Crippen LogP contribution in [-0.4, -0.2) is 13.0 Å². The van der Waals surface area contributed by atoms with Crippen LogP contribution in [0.4, 0.5) is 5.69 Å². The molecule has 0 unspecified atom stereocenters. The Labute approximate surface area is 110 Å². The number of terminal acetylenes is 1. The molecule has 0 spiro atoms. The number of hydrogen-bond acceptors (Lipinski definition) is 2. The van der Waals surface area contributed by atoms with Crippen molar-refractivity contribution >= 4 is 27.5 Å². The van der Waals surface area contributed by atoms with Crippen molar-refractivity contribution in [2.24, 2.45) is 0 Å². The maximum absolute atomic E-state index is 11.6. The van der Waals surface area contributed by atoms with E-state index in [0.717, 1.165) is 15.9 Å². The second kappa shape index (κ2) is 6.97. The highest BCUT2D eigenvalue weighted by Gasteiger charge is 2.06. The Balaban J connectivity index is 2.57. The SMILES string of the molecule is C#CCCCC(=O)Nc1ccc(OC)cc1Br. The molecule has 0 aromatic heterocycles. The number of ether oxygens (including phenoxy) is 1. The molecule has 3 nitrogen and oxygen atoms in total. The fraction of sp³-hybridized carbons (Fsp3) is 0.308. The van der Waals surface area contributed by atoms with E-state index in [-0.39, 0.29) is 5.91 Å². The van der Waals surface area contributed by atoms with E-state index in [1.165, 1.54) is 0 Å². The van der Waals surface area contributed by atoms with Crippen molar-refractivity contribution in [1.29, 1.82) is 0 Å². The minimum atomic E-state index is -0.0360. The van der Waals surface area contributed by atoms with E-state index in [4.69, 9.17) is 11.2 Å². The van der Waals surface area contributed by atoms with Gasteiger partial charge in [-0.25, -0.2) is 0 Å². The molecular formula is C13H14BrNO2. The summed E-state index contributed by atoms with van der Waals surface area (Å²) in [7, 11) is 1.60. The normalized spacial score (nSPS) is 9.47. The molecule has 0 fully saturated rings. The molecule has 1 rings (SSSR count). The van der Waals surface area contributed by atoms with Crippen molar-refractivity contribution in [2.45, 2.75) is 19.3 Å². The number of benzene rings is 1. The average molecular weight is 296 g/mol. The molecule has 1 aromatic rings. The highest BCUT2D eigenvalue weighted by Crippen LogP contribution is 2.27. The molecule has 1 aromatic carbocycles. The second-order valence-corrected chi connectivity index (χ2v) is 4.31. The van der Waals surface area contributed by atoms with Gasteiger partial charge in [0.15, 0.2) is 0 Å². The predicted octanol–water partition coefficient (Wildman–Crippen LogP) is 3.20. The number of hydrogen-bond donors (Lipinski definition) is 1. The number of amides is 1. The van der Waals surface area contributed by atoms with Crippen LogP contribution in [0, 0.1) is 12.3 Å². The molecule has 0 heterocycles. The summed E-state index contributed by atoms with van der Waals surface area (Å²) in [5.41, 5.74) is 0.733. The van der Waals surface area contributed by atoms with Crippen molar-refractivity contribution < 1.29 is 9.53 Å². The fourth-order valence-electron chi connectivity index (χ4n) is 1.29. The number of methoxy groups -OCH3 is 1. The van der Waals surface area contributed by atoms with Gasteiger partial charge in [-0.2, -0.15) is 0 Å². The molecule has 17 heavy (non-hydrogen) atoms. The van der Waals surface area contributed by atoms with Gasteiger partial charge in [-0.3, -0.25) is 4.79 Å². The summed E-state index contributed by atoms with van der Waals surface area (Å²) in [4.78, 5) is 11.6. The molecule has 4 heteroatoms. The number of carbonyl (C=O) groups is 1. The summed E-state index contributed by atoms with van der Waals surface area (Å²) in [5, 5.41) is 2.81. The lowest BCUT2D eigenvalue weighted by Crippen LogP contribution is -2.11. The average Bonchev–Trinajstić information content (AvgIpc) is 2.32. The summed E-state index contributed by atoms with van der Waals surface area (Å²) in [6, 6.07) is 5.39. The van der Waals surface area contributed by atoms with Crippen LogP contribution >= 0.6 is 15.9 Å². The molecule has 1 amide bonds. The van der Waals surface area contributed by atoms with Crippen LogP contribution in [-0.2, 0) is 4.79 Å². The Morgan fingerprint density at radius 1 is 1.59 bits per heavy atom. The molecule has 90 valence electrons. The number of anilines is 1. The minimum absolute atomic E-state index is 0.0360. The third-order valence-electron chi connectivity index (χ3n) is 2.18. The summed E-state index contributed by atoms with van der Waals surface area (Å²) >= 11 is 3.37. The smallest absolute Gasteiger partial charge is 0.224 e. The molecule has 0 radical (unpaired) electrons. The van der Waals surface area contributed by atoms with E-state index in [0.29, 0.717) is 19.3 Å². The Bertz CT molecular complexity index is 438. The molecule has 0 bridgehead atoms. The van der Waals surface area contributed by atoms with Gasteiger partial charge in [0.1, 0.15) is 5.75 Å². The summed E-state index contributed by atoms with van der Waals surface area (Å²) in [5.74, 6) is 3.21. The van der Waals surface area contributed by atoms with Gasteiger partial charge in [-0.05, 0) is 40.5 Å². The zero-order valence-electron chi connectivity index (χ0n) is 9.63. The van der Waals surface area contributed by atoms with Crippen LogP contribution in [0.5, 0.6) is 5.75 Å². The Morgan fingerprint density at radius 3 is 2.94 bits per heavy atom. The topological polar surface area (TPSA) is 38.3 Å². The molecule has 0 aliphatic rings. The van der Waals surface area contributed by atoms with Crippen molar-refractivity contribution in [1.82, 2.24) is 0 Å². The maximum Gasteiger partial charge on any atom is 0.224 e. The highest BCUT2D eigenvalue weighted by molar-refractivity contribution is 9.10. The second-order valence-electron chi connectivity index (χ2n) is 3.45. The Morgan fingerprint density at radius 2 is 2.35 bits per heavy atom. The lowest BCUT2D eigenvalue weighted by atomic mass is 10.2. The van der Waals surface area contributed by atoms with Gasteiger partial charge in [0, 0.05) is 17.3 Å². The lowest BCUT2D eigenvalue weighted by Gasteiger charge is -2.08. The standard InChI is InChI=1S/C13H14BrNO2/c1-3-4-5-6-13(16)15-12-8-7-10(17-2)9-11(12)14/h1,7-9H,4-6H2,2H3,(H,15,16). The van der Waals surface area contributed by atoms with Gasteiger partial charge in [-0.1, -0.05) is 0 Å². The van der Waals surface area contributed by atoms with Gasteiger partial charge in [0.25, 0.3) is 0 Å². The van der Waals surface area contributed by atoms with Crippen molar-refractivity contribution in [3.63, 3.8) is 0 Å². The van der Waals surface area contributed by atoms with E-state index in [9.17, 15) is 4.79 Å². The zero-order valence-corrected chi connectivity index (χ0v) is 11.2. The number of nitrogens with one attached hydrogen (secondary N) is 1. The van der Waals surface area contributed by atoms with Crippen LogP contribution in [0.25, 0.3) is 0 Å². The summed E-state index contributed by atoms with van der Waals surface area (Å²) < 4.78 is 5.86. The summed E-state index contributed by atoms with van der Waals surface area (Å²) in [6.07, 6.45) is 6.88. The maximum atomic E-state index is 11.6. The van der Waals surface area contributed by atoms with Crippen LogP contribution in [0.1, 0.15) is 19.3 Å². The van der Waals surface area contributed by atoms with Gasteiger partial charge < -0.3 is 10.1 Å². The van der Waals surface area contributed by atoms with E-state index in [2.05, 4.69) is 27.2 Å². The molecule has 0 saturated heterocycles. The van der Waals surface area contributed by atoms with E-state index in [1.54, 1.807) is 25.3 Å². The van der Waals surface area contributed by atoms with Crippen molar-refractivity contribution in [3.8, 4) is 18.1 Å². The number of halogens is 1. The monoisotopic (exact) mass is 295 g/mol. The minimum Gasteiger partial charge on any atom is -0.497 e. The Hall–Kier alpha value is -1.47. The third kappa shape index (κ3) is 4.49. The predicted molar refractivity (Wildman–Crippen MR) is 72.0 cm³/mol. The third-order valence-corrected chi connectivity index (χ3v) is 2.83. The van der Waals surface area contributed by atoms with Crippen molar-refractivity contribution in [2.75, 3.05) is 12.4 Å². The summed E-state index contributed by atoms with van der Waals surface area (Å²) in [6.45, 7) is 0. The first-order chi connectivity index (χ1) is 8.17. The van der Waals surface area contributed by atoms with Gasteiger partial charge in [0.05, 0.1) is 12.8 Å². The van der Waals surface area contributed by atoms with Gasteiger partial charge >= 0.3 is 0 Å². The molecular weight excluding hydrogens is 282 g/mol. The fourth-order valence-corrected chi connectivity index (χ4v) is 1.74. The van der Waals surface area contributed by atoms with E-state index >= 15 is 0 Å². The highest BCUT2D eigenvalue weighted by atomic mass is 79.9. The first-order valence-corrected chi connectivity index (χ1v) is 6.03. The molecule has 0 aliphatic carbocycles. The first kappa shape index (κ1) is 13.6. The molecule has 1 N–H and O–H groups in total. The van der Waals surface area contributed by atoms with Crippen LogP contribution in [0.3, 0.4) is 0 Å². The van der Waals surface area contributed by atoms with Crippen LogP contribution in [0.15, 0.2) is 22.7 Å². The van der Waals surface area contributed by atoms with Crippen molar-refractivity contribution in [3.05, 3.63) is 22.7 Å². The van der Waals surface area contributed by atoms with E-state index < -0.39 is 0 Å². The number of unbranched alkanes of at least 4 members (excludes halogenated alkanes) is 1. The molecule has 0 aliphatic heterocycles. The lowest BCUT2D eigenvalue weighted by molar-refractivity contribution is -0.116. The number of rotatable bonds is 5. The first-order valence-electron chi connectivity index (χ1n) is 5.24. The van der Waals surface area contributed by atoms with Crippen LogP contribution < -0.4 is 10.1 Å². The molecule has 0 atom stereocenters.